The number of hydrogen-bond donors (Lipinski definition) is 1. The van der Waals surface area contributed by atoms with E-state index in [1.54, 1.807) is 0 Å². The zero-order chi connectivity index (χ0) is 14.7. The smallest absolute Gasteiger partial charge is 0.0426 e. The molecule has 20 heavy (non-hydrogen) atoms. The van der Waals surface area contributed by atoms with Crippen molar-refractivity contribution in [3.8, 4) is 0 Å². The molecule has 0 radical (unpaired) electrons. The predicted octanol–water partition coefficient (Wildman–Crippen LogP) is 4.17. The van der Waals surface area contributed by atoms with Gasteiger partial charge in [0.1, 0.15) is 0 Å². The molecule has 0 fully saturated rings. The van der Waals surface area contributed by atoms with E-state index in [0.717, 1.165) is 17.9 Å². The lowest BCUT2D eigenvalue weighted by Gasteiger charge is -2.19. The van der Waals surface area contributed by atoms with Gasteiger partial charge in [-0.25, -0.2) is 0 Å². The number of hydrogen-bond acceptors (Lipinski definition) is 2. The lowest BCUT2D eigenvalue weighted by Crippen LogP contribution is -2.21. The first kappa shape index (κ1) is 14.7. The third-order valence-electron chi connectivity index (χ3n) is 3.88. The second-order valence-corrected chi connectivity index (χ2v) is 5.61. The minimum absolute atomic E-state index is 0.308. The molecule has 0 amide bonds. The number of aryl methyl sites for hydroxylation is 4. The van der Waals surface area contributed by atoms with Crippen LogP contribution in [0.3, 0.4) is 0 Å². The van der Waals surface area contributed by atoms with Crippen LogP contribution >= 0.6 is 0 Å². The van der Waals surface area contributed by atoms with Crippen LogP contribution in [0.25, 0.3) is 0 Å². The van der Waals surface area contributed by atoms with Crippen LogP contribution in [0.4, 0.5) is 0 Å². The summed E-state index contributed by atoms with van der Waals surface area (Å²) in [5.41, 5.74) is 7.56. The summed E-state index contributed by atoms with van der Waals surface area (Å²) in [6, 6.07) is 11.0. The number of pyridine rings is 1. The van der Waals surface area contributed by atoms with Crippen molar-refractivity contribution in [3.05, 3.63) is 64.0 Å². The average Bonchev–Trinajstić information content (AvgIpc) is 2.36. The highest BCUT2D eigenvalue weighted by Gasteiger charge is 2.12. The Morgan fingerprint density at radius 1 is 1.05 bits per heavy atom. The van der Waals surface area contributed by atoms with Crippen LogP contribution < -0.4 is 5.32 Å². The summed E-state index contributed by atoms with van der Waals surface area (Å²) in [5, 5.41) is 3.62. The zero-order valence-electron chi connectivity index (χ0n) is 13.1. The predicted molar refractivity (Wildman–Crippen MR) is 84.9 cm³/mol. The Balaban J connectivity index is 2.13. The molecule has 0 spiro atoms. The zero-order valence-corrected chi connectivity index (χ0v) is 13.1. The van der Waals surface area contributed by atoms with Gasteiger partial charge in [0.2, 0.25) is 0 Å². The molecule has 1 aromatic carbocycles. The first-order chi connectivity index (χ1) is 9.49. The van der Waals surface area contributed by atoms with Gasteiger partial charge in [0.15, 0.2) is 0 Å². The maximum Gasteiger partial charge on any atom is 0.0426 e. The molecule has 0 bridgehead atoms. The van der Waals surface area contributed by atoms with E-state index in [-0.39, 0.29) is 0 Å². The number of aromatic nitrogens is 1. The Morgan fingerprint density at radius 3 is 2.40 bits per heavy atom. The molecule has 2 heteroatoms. The maximum absolute atomic E-state index is 4.59. The molecule has 1 unspecified atom stereocenters. The highest BCUT2D eigenvalue weighted by molar-refractivity contribution is 5.34. The lowest BCUT2D eigenvalue weighted by molar-refractivity contribution is 0.565. The summed E-state index contributed by atoms with van der Waals surface area (Å²) >= 11 is 0. The van der Waals surface area contributed by atoms with E-state index in [1.807, 2.05) is 0 Å². The lowest BCUT2D eigenvalue weighted by atomic mass is 10.00. The van der Waals surface area contributed by atoms with E-state index in [9.17, 15) is 0 Å². The number of nitrogens with one attached hydrogen (secondary N) is 1. The van der Waals surface area contributed by atoms with Crippen molar-refractivity contribution >= 4 is 0 Å². The van der Waals surface area contributed by atoms with Gasteiger partial charge in [-0.1, -0.05) is 24.3 Å². The summed E-state index contributed by atoms with van der Waals surface area (Å²) in [6.07, 6.45) is 0. The molecule has 1 atom stereocenters. The van der Waals surface area contributed by atoms with Crippen LogP contribution in [0.15, 0.2) is 30.3 Å². The van der Waals surface area contributed by atoms with Gasteiger partial charge >= 0.3 is 0 Å². The number of nitrogens with zero attached hydrogens (tertiary/aromatic N) is 1. The molecular formula is C18H24N2. The van der Waals surface area contributed by atoms with Crippen LogP contribution in [-0.4, -0.2) is 4.98 Å². The summed E-state index contributed by atoms with van der Waals surface area (Å²) in [5.74, 6) is 0. The van der Waals surface area contributed by atoms with Crippen molar-refractivity contribution in [1.82, 2.24) is 10.3 Å². The molecule has 106 valence electrons. The van der Waals surface area contributed by atoms with Gasteiger partial charge in [-0.15, -0.1) is 0 Å². The summed E-state index contributed by atoms with van der Waals surface area (Å²) < 4.78 is 0. The fourth-order valence-electron chi connectivity index (χ4n) is 2.86. The molecule has 0 aliphatic heterocycles. The van der Waals surface area contributed by atoms with Crippen LogP contribution in [0.5, 0.6) is 0 Å². The van der Waals surface area contributed by atoms with Crippen molar-refractivity contribution in [2.24, 2.45) is 0 Å². The molecule has 0 aliphatic carbocycles. The molecule has 0 saturated carbocycles. The average molecular weight is 268 g/mol. The van der Waals surface area contributed by atoms with E-state index >= 15 is 0 Å². The van der Waals surface area contributed by atoms with Crippen molar-refractivity contribution in [2.45, 2.75) is 47.2 Å². The molecule has 0 aliphatic rings. The van der Waals surface area contributed by atoms with E-state index < -0.39 is 0 Å². The number of benzene rings is 1. The quantitative estimate of drug-likeness (QED) is 0.900. The van der Waals surface area contributed by atoms with Crippen molar-refractivity contribution in [2.75, 3.05) is 0 Å². The fourth-order valence-corrected chi connectivity index (χ4v) is 2.86. The first-order valence-corrected chi connectivity index (χ1v) is 7.21. The third-order valence-corrected chi connectivity index (χ3v) is 3.88. The van der Waals surface area contributed by atoms with Gasteiger partial charge in [-0.2, -0.15) is 0 Å². The van der Waals surface area contributed by atoms with Crippen molar-refractivity contribution in [3.63, 3.8) is 0 Å². The standard InChI is InChI=1S/C18H24N2/c1-12-8-6-7-9-17(12)11-19-15(4)18-13(2)10-14(3)20-16(18)5/h6-10,15,19H,11H2,1-5H3. The van der Waals surface area contributed by atoms with Gasteiger partial charge in [0.25, 0.3) is 0 Å². The first-order valence-electron chi connectivity index (χ1n) is 7.21. The van der Waals surface area contributed by atoms with Gasteiger partial charge in [-0.05, 0) is 62.9 Å². The second kappa shape index (κ2) is 6.19. The number of rotatable bonds is 4. The van der Waals surface area contributed by atoms with Crippen LogP contribution in [0.2, 0.25) is 0 Å². The van der Waals surface area contributed by atoms with Gasteiger partial charge in [0, 0.05) is 24.0 Å². The van der Waals surface area contributed by atoms with E-state index in [1.165, 1.54) is 22.3 Å². The minimum Gasteiger partial charge on any atom is -0.306 e. The van der Waals surface area contributed by atoms with E-state index in [0.29, 0.717) is 6.04 Å². The Labute approximate surface area is 122 Å². The summed E-state index contributed by atoms with van der Waals surface area (Å²) in [6.45, 7) is 11.6. The Kier molecular flexibility index (Phi) is 4.56. The van der Waals surface area contributed by atoms with Gasteiger partial charge in [0.05, 0.1) is 0 Å². The topological polar surface area (TPSA) is 24.9 Å². The Bertz CT molecular complexity index is 579. The van der Waals surface area contributed by atoms with Crippen LogP contribution in [0.1, 0.15) is 46.6 Å². The third kappa shape index (κ3) is 3.26. The molecule has 1 heterocycles. The van der Waals surface area contributed by atoms with Crippen LogP contribution in [-0.2, 0) is 6.54 Å². The van der Waals surface area contributed by atoms with E-state index in [4.69, 9.17) is 0 Å². The fraction of sp³-hybridized carbons (Fsp3) is 0.389. The molecule has 2 nitrogen and oxygen atoms in total. The SMILES string of the molecule is Cc1cc(C)c(C(C)NCc2ccccc2C)c(C)n1. The Hall–Kier alpha value is -1.67. The largest absolute Gasteiger partial charge is 0.306 e. The van der Waals surface area contributed by atoms with Crippen molar-refractivity contribution in [1.29, 1.82) is 0 Å². The molecule has 2 rings (SSSR count). The normalized spacial score (nSPS) is 12.4. The highest BCUT2D eigenvalue weighted by atomic mass is 14.9. The maximum atomic E-state index is 4.59. The Morgan fingerprint density at radius 2 is 1.75 bits per heavy atom. The van der Waals surface area contributed by atoms with E-state index in [2.05, 4.69) is 75.3 Å². The van der Waals surface area contributed by atoms with Gasteiger partial charge < -0.3 is 5.32 Å². The monoisotopic (exact) mass is 268 g/mol. The van der Waals surface area contributed by atoms with Crippen molar-refractivity contribution < 1.29 is 0 Å². The van der Waals surface area contributed by atoms with Crippen LogP contribution in [0, 0.1) is 27.7 Å². The summed E-state index contributed by atoms with van der Waals surface area (Å²) in [4.78, 5) is 4.59. The second-order valence-electron chi connectivity index (χ2n) is 5.61. The molecule has 1 aromatic heterocycles. The molecule has 2 aromatic rings. The molecule has 1 N–H and O–H groups in total. The highest BCUT2D eigenvalue weighted by Crippen LogP contribution is 2.21. The summed E-state index contributed by atoms with van der Waals surface area (Å²) in [7, 11) is 0. The van der Waals surface area contributed by atoms with Gasteiger partial charge in [-0.3, -0.25) is 4.98 Å². The minimum atomic E-state index is 0.308. The molecule has 0 saturated heterocycles. The molecular weight excluding hydrogens is 244 g/mol.